The third-order valence-corrected chi connectivity index (χ3v) is 3.33. The van der Waals surface area contributed by atoms with Gasteiger partial charge < -0.3 is 15.4 Å². The third kappa shape index (κ3) is 4.56. The molecule has 0 spiro atoms. The van der Waals surface area contributed by atoms with Crippen molar-refractivity contribution in [1.82, 2.24) is 5.32 Å². The van der Waals surface area contributed by atoms with Gasteiger partial charge in [0.1, 0.15) is 5.75 Å². The molecule has 0 saturated carbocycles. The van der Waals surface area contributed by atoms with Crippen LogP contribution >= 0.6 is 24.0 Å². The molecule has 106 valence electrons. The quantitative estimate of drug-likeness (QED) is 0.899. The van der Waals surface area contributed by atoms with Crippen LogP contribution in [0, 0.1) is 0 Å². The Bertz CT molecular complexity index is 435. The van der Waals surface area contributed by atoms with Crippen molar-refractivity contribution in [2.45, 2.75) is 25.3 Å². The number of benzene rings is 1. The monoisotopic (exact) mass is 304 g/mol. The summed E-state index contributed by atoms with van der Waals surface area (Å²) in [5.41, 5.74) is 0.698. The number of amides is 1. The highest BCUT2D eigenvalue weighted by atomic mass is 35.5. The molecule has 2 rings (SSSR count). The van der Waals surface area contributed by atoms with E-state index in [1.807, 2.05) is 0 Å². The highest BCUT2D eigenvalue weighted by molar-refractivity contribution is 6.32. The van der Waals surface area contributed by atoms with Gasteiger partial charge in [-0.1, -0.05) is 11.6 Å². The first kappa shape index (κ1) is 16.1. The predicted molar refractivity (Wildman–Crippen MR) is 79.5 cm³/mol. The zero-order valence-corrected chi connectivity index (χ0v) is 12.3. The van der Waals surface area contributed by atoms with Crippen molar-refractivity contribution in [3.8, 4) is 5.75 Å². The number of methoxy groups -OCH3 is 1. The molecule has 1 heterocycles. The fraction of sp³-hybridized carbons (Fsp3) is 0.462. The molecule has 4 nitrogen and oxygen atoms in total. The van der Waals surface area contributed by atoms with Crippen LogP contribution in [0.25, 0.3) is 0 Å². The van der Waals surface area contributed by atoms with Gasteiger partial charge >= 0.3 is 0 Å². The first-order valence-electron chi connectivity index (χ1n) is 6.06. The number of carbonyl (C=O) groups is 1. The SMILES string of the molecule is COc1ccc(NC(=O)CC2CCCN2)cc1Cl.Cl. The summed E-state index contributed by atoms with van der Waals surface area (Å²) in [6, 6.07) is 5.52. The van der Waals surface area contributed by atoms with Crippen molar-refractivity contribution in [3.63, 3.8) is 0 Å². The highest BCUT2D eigenvalue weighted by Crippen LogP contribution is 2.27. The van der Waals surface area contributed by atoms with Gasteiger partial charge in [0.25, 0.3) is 0 Å². The van der Waals surface area contributed by atoms with Crippen molar-refractivity contribution in [1.29, 1.82) is 0 Å². The molecule has 1 aliphatic heterocycles. The topological polar surface area (TPSA) is 50.4 Å². The molecule has 1 saturated heterocycles. The molecular weight excluding hydrogens is 287 g/mol. The molecule has 1 aromatic rings. The minimum Gasteiger partial charge on any atom is -0.495 e. The zero-order valence-electron chi connectivity index (χ0n) is 10.7. The average molecular weight is 305 g/mol. The standard InChI is InChI=1S/C13H17ClN2O2.ClH/c1-18-12-5-4-10(7-11(12)14)16-13(17)8-9-3-2-6-15-9;/h4-5,7,9,15H,2-3,6,8H2,1H3,(H,16,17);1H. The molecule has 1 unspecified atom stereocenters. The normalized spacial score (nSPS) is 17.7. The molecule has 2 N–H and O–H groups in total. The van der Waals surface area contributed by atoms with Gasteiger partial charge in [-0.05, 0) is 37.6 Å². The fourth-order valence-electron chi connectivity index (χ4n) is 2.11. The van der Waals surface area contributed by atoms with Crippen LogP contribution in [-0.4, -0.2) is 25.6 Å². The molecule has 1 amide bonds. The lowest BCUT2D eigenvalue weighted by molar-refractivity contribution is -0.116. The van der Waals surface area contributed by atoms with Gasteiger partial charge in [-0.15, -0.1) is 12.4 Å². The number of nitrogens with one attached hydrogen (secondary N) is 2. The summed E-state index contributed by atoms with van der Waals surface area (Å²) in [7, 11) is 1.56. The van der Waals surface area contributed by atoms with Crippen LogP contribution in [0.1, 0.15) is 19.3 Å². The molecular formula is C13H18Cl2N2O2. The Labute approximate surface area is 124 Å². The lowest BCUT2D eigenvalue weighted by Gasteiger charge is -2.11. The average Bonchev–Trinajstić information content (AvgIpc) is 2.82. The molecule has 1 aliphatic rings. The van der Waals surface area contributed by atoms with Crippen LogP contribution < -0.4 is 15.4 Å². The van der Waals surface area contributed by atoms with E-state index in [9.17, 15) is 4.79 Å². The Morgan fingerprint density at radius 3 is 2.95 bits per heavy atom. The van der Waals surface area contributed by atoms with Crippen LogP contribution in [0.2, 0.25) is 5.02 Å². The second-order valence-electron chi connectivity index (χ2n) is 4.39. The molecule has 0 aliphatic carbocycles. The Kier molecular flexibility index (Phi) is 6.42. The summed E-state index contributed by atoms with van der Waals surface area (Å²) in [5.74, 6) is 0.614. The summed E-state index contributed by atoms with van der Waals surface area (Å²) in [6.07, 6.45) is 2.72. The molecule has 0 radical (unpaired) electrons. The lowest BCUT2D eigenvalue weighted by atomic mass is 10.1. The van der Waals surface area contributed by atoms with Gasteiger partial charge in [-0.25, -0.2) is 0 Å². The molecule has 0 bridgehead atoms. The van der Waals surface area contributed by atoms with Crippen LogP contribution in [0.15, 0.2) is 18.2 Å². The number of hydrogen-bond donors (Lipinski definition) is 2. The number of rotatable bonds is 4. The van der Waals surface area contributed by atoms with E-state index in [1.165, 1.54) is 0 Å². The van der Waals surface area contributed by atoms with Crippen molar-refractivity contribution >= 4 is 35.6 Å². The second kappa shape index (κ2) is 7.58. The van der Waals surface area contributed by atoms with Crippen molar-refractivity contribution < 1.29 is 9.53 Å². The molecule has 0 aromatic heterocycles. The van der Waals surface area contributed by atoms with Crippen molar-refractivity contribution in [2.75, 3.05) is 19.0 Å². The molecule has 19 heavy (non-hydrogen) atoms. The second-order valence-corrected chi connectivity index (χ2v) is 4.80. The summed E-state index contributed by atoms with van der Waals surface area (Å²) in [5, 5.41) is 6.63. The van der Waals surface area contributed by atoms with E-state index in [0.717, 1.165) is 19.4 Å². The molecule has 1 atom stereocenters. The van der Waals surface area contributed by atoms with Crippen LogP contribution in [0.5, 0.6) is 5.75 Å². The van der Waals surface area contributed by atoms with E-state index >= 15 is 0 Å². The predicted octanol–water partition coefficient (Wildman–Crippen LogP) is 2.85. The number of carbonyl (C=O) groups excluding carboxylic acids is 1. The fourth-order valence-corrected chi connectivity index (χ4v) is 2.37. The number of ether oxygens (including phenoxy) is 1. The minimum absolute atomic E-state index is 0. The van der Waals surface area contributed by atoms with Gasteiger partial charge in [-0.3, -0.25) is 4.79 Å². The Balaban J connectivity index is 0.00000180. The first-order valence-corrected chi connectivity index (χ1v) is 6.43. The number of hydrogen-bond acceptors (Lipinski definition) is 3. The minimum atomic E-state index is 0. The summed E-state index contributed by atoms with van der Waals surface area (Å²) < 4.78 is 5.06. The Morgan fingerprint density at radius 1 is 1.58 bits per heavy atom. The molecule has 6 heteroatoms. The van der Waals surface area contributed by atoms with E-state index in [-0.39, 0.29) is 18.3 Å². The smallest absolute Gasteiger partial charge is 0.225 e. The van der Waals surface area contributed by atoms with Gasteiger partial charge in [0.05, 0.1) is 12.1 Å². The highest BCUT2D eigenvalue weighted by Gasteiger charge is 2.17. The first-order chi connectivity index (χ1) is 8.69. The van der Waals surface area contributed by atoms with Crippen LogP contribution in [0.3, 0.4) is 0 Å². The van der Waals surface area contributed by atoms with Gasteiger partial charge in [0, 0.05) is 18.2 Å². The van der Waals surface area contributed by atoms with E-state index < -0.39 is 0 Å². The van der Waals surface area contributed by atoms with E-state index in [1.54, 1.807) is 25.3 Å². The van der Waals surface area contributed by atoms with E-state index in [4.69, 9.17) is 16.3 Å². The third-order valence-electron chi connectivity index (χ3n) is 3.03. The van der Waals surface area contributed by atoms with Gasteiger partial charge in [-0.2, -0.15) is 0 Å². The van der Waals surface area contributed by atoms with Crippen molar-refractivity contribution in [3.05, 3.63) is 23.2 Å². The maximum Gasteiger partial charge on any atom is 0.225 e. The zero-order chi connectivity index (χ0) is 13.0. The summed E-state index contributed by atoms with van der Waals surface area (Å²) >= 11 is 5.99. The number of halogens is 2. The molecule has 1 fully saturated rings. The lowest BCUT2D eigenvalue weighted by Crippen LogP contribution is -2.27. The summed E-state index contributed by atoms with van der Waals surface area (Å²) in [4.78, 5) is 11.8. The Morgan fingerprint density at radius 2 is 2.37 bits per heavy atom. The van der Waals surface area contributed by atoms with Gasteiger partial charge in [0.15, 0.2) is 0 Å². The van der Waals surface area contributed by atoms with Crippen LogP contribution in [-0.2, 0) is 4.79 Å². The van der Waals surface area contributed by atoms with E-state index in [0.29, 0.717) is 28.9 Å². The number of anilines is 1. The molecule has 1 aromatic carbocycles. The van der Waals surface area contributed by atoms with Gasteiger partial charge in [0.2, 0.25) is 5.91 Å². The van der Waals surface area contributed by atoms with Crippen molar-refractivity contribution in [2.24, 2.45) is 0 Å². The largest absolute Gasteiger partial charge is 0.495 e. The summed E-state index contributed by atoms with van der Waals surface area (Å²) in [6.45, 7) is 1.01. The maximum atomic E-state index is 11.8. The van der Waals surface area contributed by atoms with Crippen LogP contribution in [0.4, 0.5) is 5.69 Å². The van der Waals surface area contributed by atoms with E-state index in [2.05, 4.69) is 10.6 Å². The Hall–Kier alpha value is -0.970. The maximum absolute atomic E-state index is 11.8.